The maximum atomic E-state index is 5.92. The third-order valence-corrected chi connectivity index (χ3v) is 3.80. The molecule has 100 valence electrons. The van der Waals surface area contributed by atoms with Gasteiger partial charge in [0.1, 0.15) is 0 Å². The molecule has 18 heavy (non-hydrogen) atoms. The normalized spacial score (nSPS) is 22.1. The third kappa shape index (κ3) is 4.62. The standard InChI is InChI=1S/C14H18Cl3N/c15-14(16,17)11-18-9-5-4-8-13(18)10-12-6-2-1-3-7-12/h1-3,6-7,13H,4-5,8-11H2. The van der Waals surface area contributed by atoms with E-state index >= 15 is 0 Å². The first-order chi connectivity index (χ1) is 8.54. The van der Waals surface area contributed by atoms with Gasteiger partial charge in [0.15, 0.2) is 0 Å². The number of likely N-dealkylation sites (tertiary alicyclic amines) is 1. The van der Waals surface area contributed by atoms with Crippen LogP contribution in [0.3, 0.4) is 0 Å². The van der Waals surface area contributed by atoms with Crippen LogP contribution in [-0.2, 0) is 6.42 Å². The molecule has 1 aromatic rings. The van der Waals surface area contributed by atoms with E-state index in [0.717, 1.165) is 13.0 Å². The Bertz CT molecular complexity index is 361. The van der Waals surface area contributed by atoms with Crippen LogP contribution in [0.2, 0.25) is 0 Å². The van der Waals surface area contributed by atoms with E-state index in [0.29, 0.717) is 12.6 Å². The van der Waals surface area contributed by atoms with Crippen LogP contribution in [0.25, 0.3) is 0 Å². The topological polar surface area (TPSA) is 3.24 Å². The Kier molecular flexibility index (Phi) is 5.20. The van der Waals surface area contributed by atoms with E-state index in [1.54, 1.807) is 0 Å². The number of benzene rings is 1. The Hall–Kier alpha value is 0.0500. The van der Waals surface area contributed by atoms with Gasteiger partial charge in [0.25, 0.3) is 0 Å². The highest BCUT2D eigenvalue weighted by atomic mass is 35.6. The van der Waals surface area contributed by atoms with Gasteiger partial charge in [-0.2, -0.15) is 0 Å². The summed E-state index contributed by atoms with van der Waals surface area (Å²) in [6, 6.07) is 11.0. The van der Waals surface area contributed by atoms with Crippen LogP contribution in [0.4, 0.5) is 0 Å². The van der Waals surface area contributed by atoms with Gasteiger partial charge in [0.05, 0.1) is 0 Å². The van der Waals surface area contributed by atoms with E-state index in [1.807, 2.05) is 6.07 Å². The van der Waals surface area contributed by atoms with Crippen molar-refractivity contribution < 1.29 is 0 Å². The summed E-state index contributed by atoms with van der Waals surface area (Å²) in [7, 11) is 0. The largest absolute Gasteiger partial charge is 0.296 e. The molecule has 0 spiro atoms. The zero-order valence-electron chi connectivity index (χ0n) is 10.3. The van der Waals surface area contributed by atoms with Gasteiger partial charge in [0, 0.05) is 12.6 Å². The molecule has 2 rings (SSSR count). The summed E-state index contributed by atoms with van der Waals surface area (Å²) < 4.78 is -1.17. The van der Waals surface area contributed by atoms with E-state index in [-0.39, 0.29) is 0 Å². The molecule has 1 nitrogen and oxygen atoms in total. The Morgan fingerprint density at radius 1 is 1.11 bits per heavy atom. The Morgan fingerprint density at radius 2 is 1.83 bits per heavy atom. The molecule has 1 heterocycles. The van der Waals surface area contributed by atoms with E-state index in [4.69, 9.17) is 34.8 Å². The van der Waals surface area contributed by atoms with Crippen molar-refractivity contribution in [1.29, 1.82) is 0 Å². The molecule has 1 atom stereocenters. The molecule has 1 saturated heterocycles. The quantitative estimate of drug-likeness (QED) is 0.746. The van der Waals surface area contributed by atoms with Crippen LogP contribution in [0.15, 0.2) is 30.3 Å². The molecule has 1 fully saturated rings. The molecule has 0 N–H and O–H groups in total. The fraction of sp³-hybridized carbons (Fsp3) is 0.571. The number of hydrogen-bond donors (Lipinski definition) is 0. The monoisotopic (exact) mass is 305 g/mol. The maximum Gasteiger partial charge on any atom is 0.203 e. The van der Waals surface area contributed by atoms with Gasteiger partial charge in [-0.15, -0.1) is 0 Å². The molecule has 0 aromatic heterocycles. The minimum atomic E-state index is -1.17. The fourth-order valence-electron chi connectivity index (χ4n) is 2.62. The highest BCUT2D eigenvalue weighted by Gasteiger charge is 2.30. The summed E-state index contributed by atoms with van der Waals surface area (Å²) >= 11 is 17.8. The van der Waals surface area contributed by atoms with E-state index in [9.17, 15) is 0 Å². The van der Waals surface area contributed by atoms with Crippen molar-refractivity contribution in [3.8, 4) is 0 Å². The van der Waals surface area contributed by atoms with Crippen molar-refractivity contribution >= 4 is 34.8 Å². The second-order valence-corrected chi connectivity index (χ2v) is 7.44. The number of hydrogen-bond acceptors (Lipinski definition) is 1. The highest BCUT2D eigenvalue weighted by molar-refractivity contribution is 6.67. The van der Waals surface area contributed by atoms with Crippen molar-refractivity contribution in [2.24, 2.45) is 0 Å². The van der Waals surface area contributed by atoms with Gasteiger partial charge in [-0.05, 0) is 31.4 Å². The van der Waals surface area contributed by atoms with Crippen molar-refractivity contribution in [3.63, 3.8) is 0 Å². The van der Waals surface area contributed by atoms with Gasteiger partial charge in [-0.25, -0.2) is 0 Å². The Balaban J connectivity index is 2.00. The first kappa shape index (κ1) is 14.5. The minimum Gasteiger partial charge on any atom is -0.296 e. The first-order valence-electron chi connectivity index (χ1n) is 6.39. The van der Waals surface area contributed by atoms with Gasteiger partial charge in [-0.3, -0.25) is 4.90 Å². The molecule has 1 unspecified atom stereocenters. The maximum absolute atomic E-state index is 5.92. The zero-order valence-corrected chi connectivity index (χ0v) is 12.6. The van der Waals surface area contributed by atoms with Crippen LogP contribution in [-0.4, -0.2) is 27.8 Å². The molecule has 0 saturated carbocycles. The highest BCUT2D eigenvalue weighted by Crippen LogP contribution is 2.30. The van der Waals surface area contributed by atoms with Crippen molar-refractivity contribution in [2.45, 2.75) is 35.5 Å². The molecule has 0 bridgehead atoms. The van der Waals surface area contributed by atoms with Gasteiger partial charge < -0.3 is 0 Å². The smallest absolute Gasteiger partial charge is 0.203 e. The number of nitrogens with zero attached hydrogens (tertiary/aromatic N) is 1. The number of rotatable bonds is 3. The Morgan fingerprint density at radius 3 is 2.50 bits per heavy atom. The second kappa shape index (κ2) is 6.47. The van der Waals surface area contributed by atoms with Crippen LogP contribution in [0, 0.1) is 0 Å². The molecule has 1 aromatic carbocycles. The lowest BCUT2D eigenvalue weighted by atomic mass is 9.96. The minimum absolute atomic E-state index is 0.497. The molecule has 4 heteroatoms. The van der Waals surface area contributed by atoms with Crippen LogP contribution >= 0.6 is 34.8 Å². The first-order valence-corrected chi connectivity index (χ1v) is 7.53. The van der Waals surface area contributed by atoms with Crippen molar-refractivity contribution in [1.82, 2.24) is 4.90 Å². The predicted molar refractivity (Wildman–Crippen MR) is 79.6 cm³/mol. The van der Waals surface area contributed by atoms with Gasteiger partial charge in [0.2, 0.25) is 3.79 Å². The third-order valence-electron chi connectivity index (χ3n) is 3.45. The summed E-state index contributed by atoms with van der Waals surface area (Å²) in [6.07, 6.45) is 4.71. The summed E-state index contributed by atoms with van der Waals surface area (Å²) in [5.74, 6) is 0. The van der Waals surface area contributed by atoms with Crippen LogP contribution < -0.4 is 0 Å². The SMILES string of the molecule is ClC(Cl)(Cl)CN1CCCCC1Cc1ccccc1. The zero-order chi connectivity index (χ0) is 13.0. The lowest BCUT2D eigenvalue weighted by Crippen LogP contribution is -2.45. The number of alkyl halides is 3. The van der Waals surface area contributed by atoms with Crippen molar-refractivity contribution in [2.75, 3.05) is 13.1 Å². The molecule has 0 aliphatic carbocycles. The van der Waals surface area contributed by atoms with E-state index in [2.05, 4.69) is 29.2 Å². The van der Waals surface area contributed by atoms with Crippen molar-refractivity contribution in [3.05, 3.63) is 35.9 Å². The molecule has 1 aliphatic heterocycles. The van der Waals surface area contributed by atoms with Crippen LogP contribution in [0.5, 0.6) is 0 Å². The van der Waals surface area contributed by atoms with Crippen LogP contribution in [0.1, 0.15) is 24.8 Å². The molecular weight excluding hydrogens is 289 g/mol. The Labute approximate surface area is 124 Å². The van der Waals surface area contributed by atoms with Gasteiger partial charge in [-0.1, -0.05) is 71.6 Å². The summed E-state index contributed by atoms with van der Waals surface area (Å²) in [5, 5.41) is 0. The lowest BCUT2D eigenvalue weighted by Gasteiger charge is -2.37. The van der Waals surface area contributed by atoms with E-state index in [1.165, 1.54) is 24.8 Å². The second-order valence-electron chi connectivity index (χ2n) is 4.92. The summed E-state index contributed by atoms with van der Waals surface area (Å²) in [6.45, 7) is 1.56. The number of halogens is 3. The van der Waals surface area contributed by atoms with Gasteiger partial charge >= 0.3 is 0 Å². The summed E-state index contributed by atoms with van der Waals surface area (Å²) in [5.41, 5.74) is 1.36. The fourth-order valence-corrected chi connectivity index (χ4v) is 3.08. The molecule has 0 amide bonds. The predicted octanol–water partition coefficient (Wildman–Crippen LogP) is 4.45. The lowest BCUT2D eigenvalue weighted by molar-refractivity contribution is 0.150. The molecule has 1 aliphatic rings. The van der Waals surface area contributed by atoms with E-state index < -0.39 is 3.79 Å². The molecular formula is C14H18Cl3N. The average Bonchev–Trinajstić information content (AvgIpc) is 2.31. The average molecular weight is 307 g/mol. The number of piperidine rings is 1. The molecule has 0 radical (unpaired) electrons. The summed E-state index contributed by atoms with van der Waals surface area (Å²) in [4.78, 5) is 2.32.